The van der Waals surface area contributed by atoms with Gasteiger partial charge in [0.05, 0.1) is 10.0 Å². The van der Waals surface area contributed by atoms with Crippen molar-refractivity contribution in [3.05, 3.63) is 28.2 Å². The van der Waals surface area contributed by atoms with Gasteiger partial charge in [0, 0.05) is 31.1 Å². The van der Waals surface area contributed by atoms with Crippen LogP contribution in [0.2, 0.25) is 10.0 Å². The van der Waals surface area contributed by atoms with Gasteiger partial charge in [-0.15, -0.1) is 0 Å². The summed E-state index contributed by atoms with van der Waals surface area (Å²) in [5.74, 6) is 0.104. The fourth-order valence-corrected chi connectivity index (χ4v) is 2.27. The number of amides is 2. The van der Waals surface area contributed by atoms with Crippen LogP contribution in [-0.2, 0) is 4.79 Å². The monoisotopic (exact) mass is 300 g/mol. The van der Waals surface area contributed by atoms with E-state index in [9.17, 15) is 9.59 Å². The van der Waals surface area contributed by atoms with E-state index in [2.05, 4.69) is 5.32 Å². The third-order valence-electron chi connectivity index (χ3n) is 3.13. The summed E-state index contributed by atoms with van der Waals surface area (Å²) in [5, 5.41) is 3.58. The van der Waals surface area contributed by atoms with Crippen molar-refractivity contribution >= 4 is 40.7 Å². The first-order valence-corrected chi connectivity index (χ1v) is 6.76. The first-order valence-electron chi connectivity index (χ1n) is 6.01. The van der Waals surface area contributed by atoms with Crippen LogP contribution >= 0.6 is 23.2 Å². The van der Waals surface area contributed by atoms with E-state index in [0.717, 1.165) is 0 Å². The lowest BCUT2D eigenvalue weighted by Gasteiger charge is -2.30. The van der Waals surface area contributed by atoms with E-state index >= 15 is 0 Å². The highest BCUT2D eigenvalue weighted by Gasteiger charge is 2.26. The third kappa shape index (κ3) is 3.39. The molecule has 4 nitrogen and oxygen atoms in total. The Morgan fingerprint density at radius 1 is 1.37 bits per heavy atom. The van der Waals surface area contributed by atoms with Gasteiger partial charge in [-0.2, -0.15) is 0 Å². The fraction of sp³-hybridized carbons (Fsp3) is 0.385. The molecule has 6 heteroatoms. The summed E-state index contributed by atoms with van der Waals surface area (Å²) in [4.78, 5) is 25.1. The van der Waals surface area contributed by atoms with Crippen LogP contribution in [0.15, 0.2) is 18.2 Å². The van der Waals surface area contributed by atoms with Crippen molar-refractivity contribution in [2.45, 2.75) is 13.3 Å². The predicted molar refractivity (Wildman–Crippen MR) is 75.8 cm³/mol. The number of anilines is 1. The molecule has 0 radical (unpaired) electrons. The lowest BCUT2D eigenvalue weighted by molar-refractivity contribution is -0.124. The van der Waals surface area contributed by atoms with Gasteiger partial charge in [-0.3, -0.25) is 4.79 Å². The number of rotatable bonds is 1. The number of nitrogens with one attached hydrogen (secondary N) is 1. The number of hydrogen-bond donors (Lipinski definition) is 1. The summed E-state index contributed by atoms with van der Waals surface area (Å²) in [7, 11) is 0. The summed E-state index contributed by atoms with van der Waals surface area (Å²) < 4.78 is 0. The number of urea groups is 1. The zero-order valence-electron chi connectivity index (χ0n) is 10.5. The summed E-state index contributed by atoms with van der Waals surface area (Å²) >= 11 is 11.7. The number of carbonyl (C=O) groups is 2. The van der Waals surface area contributed by atoms with Gasteiger partial charge in [-0.1, -0.05) is 30.1 Å². The molecular weight excluding hydrogens is 287 g/mol. The topological polar surface area (TPSA) is 49.4 Å². The Morgan fingerprint density at radius 2 is 2.11 bits per heavy atom. The highest BCUT2D eigenvalue weighted by atomic mass is 35.5. The van der Waals surface area contributed by atoms with Gasteiger partial charge in [-0.05, 0) is 18.2 Å². The number of halogens is 2. The molecule has 1 saturated heterocycles. The SMILES string of the molecule is CC1CN(C(=O)Nc2ccc(Cl)c(Cl)c2)CCC1=O. The molecule has 1 aromatic rings. The Labute approximate surface area is 121 Å². The molecule has 0 bridgehead atoms. The van der Waals surface area contributed by atoms with Crippen molar-refractivity contribution in [1.82, 2.24) is 4.90 Å². The van der Waals surface area contributed by atoms with Crippen LogP contribution in [0.25, 0.3) is 0 Å². The van der Waals surface area contributed by atoms with Crippen molar-refractivity contribution in [2.75, 3.05) is 18.4 Å². The largest absolute Gasteiger partial charge is 0.323 e. The van der Waals surface area contributed by atoms with Crippen LogP contribution < -0.4 is 5.32 Å². The number of piperidine rings is 1. The van der Waals surface area contributed by atoms with E-state index in [1.807, 2.05) is 6.92 Å². The molecule has 19 heavy (non-hydrogen) atoms. The summed E-state index contributed by atoms with van der Waals surface area (Å²) in [5.41, 5.74) is 0.587. The Balaban J connectivity index is 2.01. The first kappa shape index (κ1) is 14.2. The second kappa shape index (κ2) is 5.80. The quantitative estimate of drug-likeness (QED) is 0.864. The molecule has 1 heterocycles. The smallest absolute Gasteiger partial charge is 0.321 e. The minimum atomic E-state index is -0.224. The molecule has 0 aliphatic carbocycles. The number of likely N-dealkylation sites (tertiary alicyclic amines) is 1. The maximum absolute atomic E-state index is 12.0. The van der Waals surface area contributed by atoms with Crippen LogP contribution in [0.5, 0.6) is 0 Å². The average Bonchev–Trinajstić information content (AvgIpc) is 2.37. The summed E-state index contributed by atoms with van der Waals surface area (Å²) in [6.07, 6.45) is 0.413. The van der Waals surface area contributed by atoms with Crippen LogP contribution in [0.1, 0.15) is 13.3 Å². The molecule has 2 amide bonds. The Hall–Kier alpha value is -1.26. The van der Waals surface area contributed by atoms with Gasteiger partial charge in [0.2, 0.25) is 0 Å². The van der Waals surface area contributed by atoms with Crippen LogP contribution in [0.4, 0.5) is 10.5 Å². The zero-order valence-corrected chi connectivity index (χ0v) is 12.0. The third-order valence-corrected chi connectivity index (χ3v) is 3.87. The van der Waals surface area contributed by atoms with Crippen molar-refractivity contribution in [1.29, 1.82) is 0 Å². The second-order valence-corrected chi connectivity index (χ2v) is 5.44. The number of ketones is 1. The molecule has 0 aromatic heterocycles. The van der Waals surface area contributed by atoms with Crippen LogP contribution in [-0.4, -0.2) is 29.8 Å². The maximum atomic E-state index is 12.0. The highest BCUT2D eigenvalue weighted by Crippen LogP contribution is 2.25. The summed E-state index contributed by atoms with van der Waals surface area (Å²) in [6, 6.07) is 4.69. The molecule has 1 atom stereocenters. The molecule has 1 aromatic carbocycles. The molecular formula is C13H14Cl2N2O2. The number of nitrogens with zero attached hydrogens (tertiary/aromatic N) is 1. The zero-order chi connectivity index (χ0) is 14.0. The molecule has 1 fully saturated rings. The number of hydrogen-bond acceptors (Lipinski definition) is 2. The Kier molecular flexibility index (Phi) is 4.32. The van der Waals surface area contributed by atoms with Crippen molar-refractivity contribution in [3.63, 3.8) is 0 Å². The standard InChI is InChI=1S/C13H14Cl2N2O2/c1-8-7-17(5-4-12(8)18)13(19)16-9-2-3-10(14)11(15)6-9/h2-3,6,8H,4-5,7H2,1H3,(H,16,19). The van der Waals surface area contributed by atoms with Gasteiger partial charge >= 0.3 is 6.03 Å². The molecule has 0 spiro atoms. The normalized spacial score (nSPS) is 19.4. The molecule has 102 valence electrons. The lowest BCUT2D eigenvalue weighted by atomic mass is 9.99. The van der Waals surface area contributed by atoms with Gasteiger partial charge in [0.1, 0.15) is 5.78 Å². The van der Waals surface area contributed by atoms with Crippen molar-refractivity contribution in [2.24, 2.45) is 5.92 Å². The summed E-state index contributed by atoms with van der Waals surface area (Å²) in [6.45, 7) is 2.74. The molecule has 1 aliphatic rings. The van der Waals surface area contributed by atoms with Gasteiger partial charge in [-0.25, -0.2) is 4.79 Å². The van der Waals surface area contributed by atoms with E-state index in [0.29, 0.717) is 35.2 Å². The van der Waals surface area contributed by atoms with E-state index < -0.39 is 0 Å². The number of carbonyl (C=O) groups excluding carboxylic acids is 2. The minimum Gasteiger partial charge on any atom is -0.323 e. The minimum absolute atomic E-state index is 0.103. The van der Waals surface area contributed by atoms with Crippen molar-refractivity contribution < 1.29 is 9.59 Å². The predicted octanol–water partition coefficient (Wildman–Crippen LogP) is 3.44. The lowest BCUT2D eigenvalue weighted by Crippen LogP contribution is -2.45. The van der Waals surface area contributed by atoms with E-state index in [1.54, 1.807) is 23.1 Å². The number of benzene rings is 1. The molecule has 1 unspecified atom stereocenters. The van der Waals surface area contributed by atoms with Gasteiger partial charge < -0.3 is 10.2 Å². The van der Waals surface area contributed by atoms with E-state index in [1.165, 1.54) is 0 Å². The molecule has 0 saturated carbocycles. The Morgan fingerprint density at radius 3 is 2.74 bits per heavy atom. The molecule has 1 aliphatic heterocycles. The van der Waals surface area contributed by atoms with Crippen molar-refractivity contribution in [3.8, 4) is 0 Å². The van der Waals surface area contributed by atoms with Gasteiger partial charge in [0.25, 0.3) is 0 Å². The Bertz CT molecular complexity index is 519. The second-order valence-electron chi connectivity index (χ2n) is 4.62. The fourth-order valence-electron chi connectivity index (χ4n) is 1.98. The van der Waals surface area contributed by atoms with E-state index in [4.69, 9.17) is 23.2 Å². The molecule has 2 rings (SSSR count). The average molecular weight is 301 g/mol. The van der Waals surface area contributed by atoms with Crippen LogP contribution in [0.3, 0.4) is 0 Å². The van der Waals surface area contributed by atoms with Gasteiger partial charge in [0.15, 0.2) is 0 Å². The van der Waals surface area contributed by atoms with Crippen LogP contribution in [0, 0.1) is 5.92 Å². The maximum Gasteiger partial charge on any atom is 0.321 e. The number of Topliss-reactive ketones (excluding diaryl/α,β-unsaturated/α-hetero) is 1. The first-order chi connectivity index (χ1) is 8.97. The molecule has 1 N–H and O–H groups in total. The van der Waals surface area contributed by atoms with E-state index in [-0.39, 0.29) is 17.7 Å². The highest BCUT2D eigenvalue weighted by molar-refractivity contribution is 6.42.